The van der Waals surface area contributed by atoms with Crippen LogP contribution in [0.5, 0.6) is 92.0 Å². The Morgan fingerprint density at radius 2 is 0.713 bits per heavy atom. The summed E-state index contributed by atoms with van der Waals surface area (Å²) in [6.45, 7) is 0. The number of hydrogen-bond acceptors (Lipinski definition) is 35. The highest BCUT2D eigenvalue weighted by molar-refractivity contribution is 6.44. The van der Waals surface area contributed by atoms with Gasteiger partial charge in [-0.15, -0.1) is 0 Å². The number of primary amides is 2. The Hall–Kier alpha value is -13.1. The molecule has 3 aromatic heterocycles. The van der Waals surface area contributed by atoms with Gasteiger partial charge in [0.15, 0.2) is 110 Å². The minimum Gasteiger partial charge on any atom is -0.493 e. The Labute approximate surface area is 781 Å². The number of nitro groups is 3. The van der Waals surface area contributed by atoms with Crippen LogP contribution in [0.2, 0.25) is 55.9 Å². The van der Waals surface area contributed by atoms with Gasteiger partial charge in [0.1, 0.15) is 47.2 Å². The number of aldehydes is 2. The second-order valence-electron chi connectivity index (χ2n) is 23.2. The number of nitro benzene ring substituents is 3. The summed E-state index contributed by atoms with van der Waals surface area (Å²) in [4.78, 5) is 127. The SMILES string of the molecule is COc1cc(N)c(C(N)=O)c(Cl)c1OC.COc1cc([N+](=O)[O-])c(C(=O)O)c(Cl)c1OC.COc1cc([N+](=O)[O-])c(C(N)=O)c(Cl)c1OC.COc1cc([N+](=O)[O-])c(C=O)c(Cl)c1OC.COc1cc2[nH]c(=O)[nH]c(=O)c2c(Cl)c1OC.COc1cc2nc(Cl)nc(Cl)c2c(Cl)c1OC.COc1cc2nc(Cl)nc(N)c2c(Cl)c1OC.COc1ccc(C=O)c(Cl)c1OC. The number of aromatic amines is 2. The number of carboxylic acid groups (broad SMARTS) is 1. The van der Waals surface area contributed by atoms with Gasteiger partial charge >= 0.3 is 11.7 Å². The summed E-state index contributed by atoms with van der Waals surface area (Å²) >= 11 is 64.9. The second-order valence-corrected chi connectivity index (χ2v) is 27.3. The molecular weight excluding hydrogens is 1950 g/mol. The monoisotopic (exact) mass is 2020 g/mol. The number of carbonyl (C=O) groups excluding carboxylic acids is 4. The number of nitrogens with zero attached hydrogens (tertiary/aromatic N) is 7. The highest BCUT2D eigenvalue weighted by atomic mass is 35.5. The molecular formula is C75H70Cl11N13O30. The van der Waals surface area contributed by atoms with E-state index in [1.165, 1.54) is 126 Å². The number of aromatic carboxylic acids is 1. The third-order valence-electron chi connectivity index (χ3n) is 16.3. The number of halogens is 11. The van der Waals surface area contributed by atoms with Crippen molar-refractivity contribution >= 4 is 219 Å². The predicted molar refractivity (Wildman–Crippen MR) is 480 cm³/mol. The molecule has 0 aliphatic carbocycles. The van der Waals surface area contributed by atoms with Gasteiger partial charge in [-0.2, -0.15) is 0 Å². The van der Waals surface area contributed by atoms with E-state index in [2.05, 4.69) is 29.9 Å². The molecule has 129 heavy (non-hydrogen) atoms. The molecule has 11 N–H and O–H groups in total. The zero-order valence-corrected chi connectivity index (χ0v) is 77.5. The largest absolute Gasteiger partial charge is 0.493 e. The molecule has 3 heterocycles. The van der Waals surface area contributed by atoms with Crippen molar-refractivity contribution in [1.29, 1.82) is 0 Å². The van der Waals surface area contributed by atoms with E-state index in [9.17, 15) is 63.9 Å². The fourth-order valence-corrected chi connectivity index (χ4v) is 14.1. The zero-order valence-electron chi connectivity index (χ0n) is 69.2. The molecule has 8 aromatic carbocycles. The number of hydrogen-bond donors (Lipinski definition) is 7. The Bertz CT molecular complexity index is 6030. The van der Waals surface area contributed by atoms with Crippen LogP contribution in [0.3, 0.4) is 0 Å². The number of rotatable bonds is 24. The normalized spacial score (nSPS) is 10.1. The lowest BCUT2D eigenvalue weighted by molar-refractivity contribution is -0.385. The number of methoxy groups -OCH3 is 16. The van der Waals surface area contributed by atoms with E-state index >= 15 is 0 Å². The number of amides is 2. The van der Waals surface area contributed by atoms with E-state index in [1.807, 2.05) is 0 Å². The standard InChI is InChI=1S/C10H7Cl3N2O2.C10H9Cl2N3O2.C10H9ClN2O4.C9H9ClN2O5.C9H11ClN2O3.C9H8ClNO6.C9H8ClNO5.C9H9ClO3/c1-16-5-3-4-6(7(11)8(5)17-2)9(12)15-10(13)14-4;1-16-5-3-4-6(7(11)8(5)17-2)9(13)15-10(12)14-4;1-16-5-3-4-6(7(11)8(5)17-2)9(14)13-10(15)12-4;1-16-5-3-4(12(14)15)6(9(11)13)7(10)8(5)17-2;1-14-5-3-4(11)6(9(12)13)7(10)8(5)15-2;1-16-5-3-4(11(14)15)6(9(12)13)7(10)8(5)17-2;1-15-7-3-6(11(13)14)5(4-12)8(10)9(7)16-2;1-12-7-4-3-6(5-11)8(10)9(7)13-2/h3H,1-2H3;3H,1-2H3,(H2,13,14,15);3H,1-2H3,(H2,12,13,14,15);3H,1-2H3,(H2,11,13);3H,11H2,1-2H3,(H2,12,13);3H,1-2H3,(H,12,13);3-4H,1-2H3;3-5H,1-2H3. The smallest absolute Gasteiger partial charge is 0.344 e. The number of fused-ring (bicyclic) bond motifs is 3. The third-order valence-corrected chi connectivity index (χ3v) is 19.8. The van der Waals surface area contributed by atoms with Crippen LogP contribution in [0.1, 0.15) is 51.8 Å². The van der Waals surface area contributed by atoms with Crippen LogP contribution in [0.25, 0.3) is 32.7 Å². The maximum Gasteiger partial charge on any atom is 0.344 e. The van der Waals surface area contributed by atoms with Crippen molar-refractivity contribution in [3.05, 3.63) is 189 Å². The average molecular weight is 2020 g/mol. The first-order chi connectivity index (χ1) is 60.9. The summed E-state index contributed by atoms with van der Waals surface area (Å²) in [6.07, 6.45) is 0.979. The van der Waals surface area contributed by atoms with Gasteiger partial charge in [-0.05, 0) is 35.3 Å². The summed E-state index contributed by atoms with van der Waals surface area (Å²) in [6, 6.07) is 12.5. The van der Waals surface area contributed by atoms with Crippen molar-refractivity contribution in [2.45, 2.75) is 0 Å². The Morgan fingerprint density at radius 1 is 0.380 bits per heavy atom. The molecule has 692 valence electrons. The van der Waals surface area contributed by atoms with E-state index < -0.39 is 72.0 Å². The number of benzene rings is 8. The lowest BCUT2D eigenvalue weighted by Crippen LogP contribution is -2.22. The van der Waals surface area contributed by atoms with E-state index in [4.69, 9.17) is 231 Å². The fraction of sp³-hybridized carbons (Fsp3) is 0.213. The molecule has 0 aliphatic rings. The van der Waals surface area contributed by atoms with Crippen LogP contribution >= 0.6 is 128 Å². The molecule has 0 radical (unpaired) electrons. The molecule has 0 saturated heterocycles. The van der Waals surface area contributed by atoms with Gasteiger partial charge in [0.2, 0.25) is 10.6 Å². The summed E-state index contributed by atoms with van der Waals surface area (Å²) in [5, 5.41) is 42.8. The molecule has 0 spiro atoms. The lowest BCUT2D eigenvalue weighted by Gasteiger charge is -2.13. The first kappa shape index (κ1) is 108. The Kier molecular flexibility index (Phi) is 41.9. The maximum atomic E-state index is 11.6. The molecule has 11 rings (SSSR count). The van der Waals surface area contributed by atoms with E-state index in [0.29, 0.717) is 101 Å². The lowest BCUT2D eigenvalue weighted by atomic mass is 10.1. The number of H-pyrrole nitrogens is 2. The number of nitrogens with one attached hydrogen (secondary N) is 2. The van der Waals surface area contributed by atoms with E-state index in [0.717, 1.165) is 18.2 Å². The number of ether oxygens (including phenoxy) is 16. The zero-order chi connectivity index (χ0) is 97.8. The Balaban J connectivity index is 0.000000309. The van der Waals surface area contributed by atoms with Crippen molar-refractivity contribution in [2.75, 3.05) is 125 Å². The quantitative estimate of drug-likeness (QED) is 0.00737. The van der Waals surface area contributed by atoms with Gasteiger partial charge in [-0.1, -0.05) is 104 Å². The van der Waals surface area contributed by atoms with Crippen LogP contribution in [0, 0.1) is 30.3 Å². The third kappa shape index (κ3) is 25.5. The number of aromatic nitrogens is 6. The van der Waals surface area contributed by atoms with Crippen LogP contribution in [-0.4, -0.2) is 194 Å². The first-order valence-corrected chi connectivity index (χ1v) is 38.2. The van der Waals surface area contributed by atoms with Crippen molar-refractivity contribution in [3.8, 4) is 92.0 Å². The molecule has 0 fully saturated rings. The highest BCUT2D eigenvalue weighted by Crippen LogP contribution is 2.49. The van der Waals surface area contributed by atoms with Crippen LogP contribution in [-0.2, 0) is 0 Å². The number of carbonyl (C=O) groups is 5. The van der Waals surface area contributed by atoms with Crippen LogP contribution < -0.4 is 110 Å². The average Bonchev–Trinajstić information content (AvgIpc) is 0.754. The minimum atomic E-state index is -1.51. The summed E-state index contributed by atoms with van der Waals surface area (Å²) in [5.74, 6) is 0.929. The molecule has 54 heteroatoms. The van der Waals surface area contributed by atoms with Gasteiger partial charge in [-0.3, -0.25) is 59.3 Å². The number of anilines is 2. The summed E-state index contributed by atoms with van der Waals surface area (Å²) in [7, 11) is 22.4. The summed E-state index contributed by atoms with van der Waals surface area (Å²) in [5.41, 5.74) is 19.4. The van der Waals surface area contributed by atoms with Crippen LogP contribution in [0.4, 0.5) is 28.6 Å². The van der Waals surface area contributed by atoms with Crippen molar-refractivity contribution in [3.63, 3.8) is 0 Å². The molecule has 43 nitrogen and oxygen atoms in total. The molecule has 0 aliphatic heterocycles. The topological polar surface area (TPSA) is 604 Å². The van der Waals surface area contributed by atoms with Crippen molar-refractivity contribution in [2.24, 2.45) is 11.5 Å². The first-order valence-electron chi connectivity index (χ1n) is 34.1. The van der Waals surface area contributed by atoms with Crippen LogP contribution in [0.15, 0.2) is 64.2 Å². The number of carboxylic acids is 1. The molecule has 0 unspecified atom stereocenters. The highest BCUT2D eigenvalue weighted by Gasteiger charge is 2.32. The summed E-state index contributed by atoms with van der Waals surface area (Å²) < 4.78 is 80.0. The molecule has 11 aromatic rings. The fourth-order valence-electron chi connectivity index (χ4n) is 10.7. The van der Waals surface area contributed by atoms with E-state index in [-0.39, 0.29) is 120 Å². The molecule has 0 bridgehead atoms. The van der Waals surface area contributed by atoms with Gasteiger partial charge in [-0.25, -0.2) is 29.5 Å². The van der Waals surface area contributed by atoms with Gasteiger partial charge in [0, 0.05) is 35.5 Å². The number of nitrogens with two attached hydrogens (primary N) is 4. The molecule has 0 atom stereocenters. The number of nitrogen functional groups attached to an aromatic ring is 2. The van der Waals surface area contributed by atoms with Crippen molar-refractivity contribution in [1.82, 2.24) is 29.9 Å². The Morgan fingerprint density at radius 3 is 1.10 bits per heavy atom. The van der Waals surface area contributed by atoms with Gasteiger partial charge in [0.25, 0.3) is 34.4 Å². The molecule has 2 amide bonds. The minimum absolute atomic E-state index is 0.00537. The second kappa shape index (κ2) is 49.9. The van der Waals surface area contributed by atoms with E-state index in [1.54, 1.807) is 24.3 Å². The van der Waals surface area contributed by atoms with Gasteiger partial charge < -0.3 is 109 Å². The van der Waals surface area contributed by atoms with Crippen molar-refractivity contribution < 1.29 is 120 Å². The van der Waals surface area contributed by atoms with Gasteiger partial charge in [0.05, 0.1) is 200 Å². The molecule has 0 saturated carbocycles. The maximum absolute atomic E-state index is 11.6. The predicted octanol–water partition coefficient (Wildman–Crippen LogP) is 15.6.